The third-order valence-electron chi connectivity index (χ3n) is 5.95. The number of ether oxygens (including phenoxy) is 1. The lowest BCUT2D eigenvalue weighted by atomic mass is 9.75. The fourth-order valence-corrected chi connectivity index (χ4v) is 6.53. The smallest absolute Gasteiger partial charge is 0.308 e. The predicted molar refractivity (Wildman–Crippen MR) is 100 cm³/mol. The average Bonchev–Trinajstić information content (AvgIpc) is 3.06. The van der Waals surface area contributed by atoms with Crippen molar-refractivity contribution in [1.29, 1.82) is 0 Å². The van der Waals surface area contributed by atoms with Gasteiger partial charge in [-0.05, 0) is 31.6 Å². The van der Waals surface area contributed by atoms with E-state index in [0.717, 1.165) is 11.1 Å². The van der Waals surface area contributed by atoms with Crippen molar-refractivity contribution in [2.75, 3.05) is 0 Å². The SMILES string of the molecule is Cc1ccc(C2C=C3c4ccccc4S(=O)(=O)N3C3CC(=O)O[C@@]23C)cc1. The molecule has 0 spiro atoms. The number of carbonyl (C=O) groups excluding carboxylic acids is 1. The molecule has 0 amide bonds. The Hall–Kier alpha value is -2.60. The number of aryl methyl sites for hydroxylation is 1. The molecule has 27 heavy (non-hydrogen) atoms. The van der Waals surface area contributed by atoms with Gasteiger partial charge in [0.15, 0.2) is 0 Å². The van der Waals surface area contributed by atoms with Gasteiger partial charge >= 0.3 is 5.97 Å². The first-order valence-corrected chi connectivity index (χ1v) is 10.4. The third-order valence-corrected chi connectivity index (χ3v) is 7.84. The molecule has 6 heteroatoms. The first kappa shape index (κ1) is 16.6. The van der Waals surface area contributed by atoms with Crippen molar-refractivity contribution in [3.05, 3.63) is 71.3 Å². The van der Waals surface area contributed by atoms with Crippen LogP contribution in [0.1, 0.15) is 36.0 Å². The Bertz CT molecular complexity index is 1100. The van der Waals surface area contributed by atoms with Crippen molar-refractivity contribution in [3.63, 3.8) is 0 Å². The zero-order valence-electron chi connectivity index (χ0n) is 15.0. The van der Waals surface area contributed by atoms with Crippen LogP contribution in [0, 0.1) is 6.92 Å². The fourth-order valence-electron chi connectivity index (χ4n) is 4.58. The number of rotatable bonds is 1. The molecule has 1 fully saturated rings. The monoisotopic (exact) mass is 381 g/mol. The molecule has 0 saturated carbocycles. The summed E-state index contributed by atoms with van der Waals surface area (Å²) in [4.78, 5) is 12.5. The molecule has 0 radical (unpaired) electrons. The Morgan fingerprint density at radius 2 is 1.81 bits per heavy atom. The van der Waals surface area contributed by atoms with Crippen LogP contribution in [0.15, 0.2) is 59.5 Å². The Labute approximate surface area is 158 Å². The maximum atomic E-state index is 13.2. The van der Waals surface area contributed by atoms with Crippen LogP contribution >= 0.6 is 0 Å². The number of fused-ring (bicyclic) bond motifs is 5. The van der Waals surface area contributed by atoms with Gasteiger partial charge in [-0.2, -0.15) is 0 Å². The van der Waals surface area contributed by atoms with Crippen molar-refractivity contribution in [2.45, 2.75) is 42.7 Å². The van der Waals surface area contributed by atoms with Crippen LogP contribution in [0.25, 0.3) is 5.70 Å². The maximum absolute atomic E-state index is 13.2. The number of hydrogen-bond acceptors (Lipinski definition) is 4. The van der Waals surface area contributed by atoms with Gasteiger partial charge < -0.3 is 4.74 Å². The van der Waals surface area contributed by atoms with Crippen molar-refractivity contribution >= 4 is 21.7 Å². The van der Waals surface area contributed by atoms with Gasteiger partial charge in [-0.25, -0.2) is 8.42 Å². The summed E-state index contributed by atoms with van der Waals surface area (Å²) in [7, 11) is -3.70. The molecule has 5 rings (SSSR count). The van der Waals surface area contributed by atoms with Crippen LogP contribution in [0.5, 0.6) is 0 Å². The highest BCUT2D eigenvalue weighted by atomic mass is 32.2. The van der Waals surface area contributed by atoms with Gasteiger partial charge in [0, 0.05) is 11.5 Å². The van der Waals surface area contributed by atoms with Crippen LogP contribution in [-0.2, 0) is 19.6 Å². The van der Waals surface area contributed by atoms with Gasteiger partial charge in [0.25, 0.3) is 10.0 Å². The van der Waals surface area contributed by atoms with Crippen LogP contribution < -0.4 is 0 Å². The topological polar surface area (TPSA) is 63.7 Å². The predicted octanol–water partition coefficient (Wildman–Crippen LogP) is 3.21. The lowest BCUT2D eigenvalue weighted by molar-refractivity contribution is -0.149. The third kappa shape index (κ3) is 2.10. The molecule has 3 heterocycles. The van der Waals surface area contributed by atoms with E-state index in [1.807, 2.05) is 56.3 Å². The van der Waals surface area contributed by atoms with Gasteiger partial charge in [-0.15, -0.1) is 0 Å². The first-order valence-electron chi connectivity index (χ1n) is 8.96. The van der Waals surface area contributed by atoms with Crippen LogP contribution in [0.2, 0.25) is 0 Å². The van der Waals surface area contributed by atoms with Crippen LogP contribution in [0.4, 0.5) is 0 Å². The van der Waals surface area contributed by atoms with Gasteiger partial charge in [0.05, 0.1) is 23.1 Å². The normalized spacial score (nSPS) is 30.2. The lowest BCUT2D eigenvalue weighted by Gasteiger charge is -2.44. The highest BCUT2D eigenvalue weighted by Crippen LogP contribution is 2.54. The zero-order valence-corrected chi connectivity index (χ0v) is 15.9. The van der Waals surface area contributed by atoms with E-state index >= 15 is 0 Å². The average molecular weight is 381 g/mol. The maximum Gasteiger partial charge on any atom is 0.308 e. The van der Waals surface area contributed by atoms with E-state index in [-0.39, 0.29) is 18.3 Å². The first-order chi connectivity index (χ1) is 12.8. The Morgan fingerprint density at radius 1 is 1.11 bits per heavy atom. The van der Waals surface area contributed by atoms with E-state index in [4.69, 9.17) is 4.74 Å². The minimum absolute atomic E-state index is 0.0589. The van der Waals surface area contributed by atoms with E-state index in [1.54, 1.807) is 12.1 Å². The molecular weight excluding hydrogens is 362 g/mol. The fraction of sp³-hybridized carbons (Fsp3) is 0.286. The summed E-state index contributed by atoms with van der Waals surface area (Å²) in [5, 5.41) is 0. The molecule has 0 N–H and O–H groups in total. The molecule has 1 saturated heterocycles. The molecule has 0 aliphatic carbocycles. The van der Waals surface area contributed by atoms with Crippen molar-refractivity contribution in [2.24, 2.45) is 0 Å². The molecule has 0 bridgehead atoms. The highest BCUT2D eigenvalue weighted by molar-refractivity contribution is 7.90. The summed E-state index contributed by atoms with van der Waals surface area (Å²) in [5.74, 6) is -0.581. The zero-order chi connectivity index (χ0) is 19.0. The number of hydrogen-bond donors (Lipinski definition) is 0. The molecule has 2 aromatic rings. The molecule has 2 unspecified atom stereocenters. The van der Waals surface area contributed by atoms with E-state index < -0.39 is 21.7 Å². The molecule has 2 aromatic carbocycles. The van der Waals surface area contributed by atoms with Gasteiger partial charge in [-0.3, -0.25) is 9.10 Å². The van der Waals surface area contributed by atoms with Crippen LogP contribution in [-0.4, -0.2) is 30.3 Å². The van der Waals surface area contributed by atoms with Gasteiger partial charge in [-0.1, -0.05) is 48.0 Å². The summed E-state index contributed by atoms with van der Waals surface area (Å²) < 4.78 is 33.6. The second-order valence-corrected chi connectivity index (χ2v) is 9.40. The van der Waals surface area contributed by atoms with Gasteiger partial charge in [0.1, 0.15) is 5.60 Å². The summed E-state index contributed by atoms with van der Waals surface area (Å²) in [6, 6.07) is 14.5. The highest BCUT2D eigenvalue weighted by Gasteiger charge is 2.61. The van der Waals surface area contributed by atoms with Crippen molar-refractivity contribution < 1.29 is 17.9 Å². The Morgan fingerprint density at radius 3 is 2.56 bits per heavy atom. The Kier molecular flexibility index (Phi) is 3.21. The van der Waals surface area contributed by atoms with E-state index in [2.05, 4.69) is 0 Å². The largest absolute Gasteiger partial charge is 0.456 e. The quantitative estimate of drug-likeness (QED) is 0.712. The minimum Gasteiger partial charge on any atom is -0.456 e. The van der Waals surface area contributed by atoms with Crippen molar-refractivity contribution in [1.82, 2.24) is 4.31 Å². The number of carbonyl (C=O) groups is 1. The minimum atomic E-state index is -3.70. The van der Waals surface area contributed by atoms with E-state index in [0.29, 0.717) is 16.2 Å². The number of esters is 1. The van der Waals surface area contributed by atoms with Gasteiger partial charge in [0.2, 0.25) is 0 Å². The Balaban J connectivity index is 1.78. The summed E-state index contributed by atoms with van der Waals surface area (Å²) >= 11 is 0. The van der Waals surface area contributed by atoms with E-state index in [9.17, 15) is 13.2 Å². The lowest BCUT2D eigenvalue weighted by Crippen LogP contribution is -2.53. The molecule has 3 aliphatic heterocycles. The number of benzene rings is 2. The molecule has 5 nitrogen and oxygen atoms in total. The van der Waals surface area contributed by atoms with E-state index in [1.165, 1.54) is 4.31 Å². The number of sulfonamides is 1. The second kappa shape index (κ2) is 5.23. The molecule has 3 atom stereocenters. The molecule has 3 aliphatic rings. The number of nitrogens with zero attached hydrogens (tertiary/aromatic N) is 1. The van der Waals surface area contributed by atoms with Crippen molar-refractivity contribution in [3.8, 4) is 0 Å². The summed E-state index contributed by atoms with van der Waals surface area (Å²) in [6.45, 7) is 3.86. The molecule has 138 valence electrons. The molecular formula is C21H19NO4S. The summed E-state index contributed by atoms with van der Waals surface area (Å²) in [5.41, 5.74) is 2.55. The van der Waals surface area contributed by atoms with Crippen LogP contribution in [0.3, 0.4) is 0 Å². The summed E-state index contributed by atoms with van der Waals surface area (Å²) in [6.07, 6.45) is 2.01. The molecule has 0 aromatic heterocycles. The standard InChI is InChI=1S/C21H19NO4S/c1-13-7-9-14(10-8-13)16-11-17-15-5-3-4-6-18(15)27(24,25)22(17)19-12-20(23)26-21(16,19)2/h3-11,16,19H,12H2,1-2H3/t16?,19?,21-/m0/s1. The second-order valence-electron chi connectivity index (χ2n) is 7.62.